The molecule has 152 valence electrons. The molecule has 30 heavy (non-hydrogen) atoms. The van der Waals surface area contributed by atoms with Crippen molar-refractivity contribution in [1.82, 2.24) is 9.78 Å². The van der Waals surface area contributed by atoms with Crippen molar-refractivity contribution in [2.45, 2.75) is 13.8 Å². The number of aromatic nitrogens is 2. The van der Waals surface area contributed by atoms with Crippen LogP contribution in [0, 0.1) is 6.92 Å². The fraction of sp³-hybridized carbons (Fsp3) is 0.136. The molecule has 2 aromatic heterocycles. The summed E-state index contributed by atoms with van der Waals surface area (Å²) in [5, 5.41) is 23.5. The van der Waals surface area contributed by atoms with E-state index in [9.17, 15) is 9.90 Å². The second-order valence-corrected chi connectivity index (χ2v) is 7.49. The number of azo groups is 1. The third-order valence-electron chi connectivity index (χ3n) is 4.43. The Kier molecular flexibility index (Phi) is 5.49. The first-order valence-electron chi connectivity index (χ1n) is 9.40. The Morgan fingerprint density at radius 3 is 2.73 bits per heavy atom. The second-order valence-electron chi connectivity index (χ2n) is 6.54. The lowest BCUT2D eigenvalue weighted by Gasteiger charge is -2.06. The van der Waals surface area contributed by atoms with Gasteiger partial charge in [0.15, 0.2) is 5.69 Å². The molecule has 0 fully saturated rings. The SMILES string of the molecule is CCOc1ccccc1N=Nc1c(C)[nH]n(-c2cc(O)cc(-c3cccs3)c2)c1=O. The minimum atomic E-state index is -0.354. The van der Waals surface area contributed by atoms with Crippen LogP contribution in [0.3, 0.4) is 0 Å². The number of ether oxygens (including phenoxy) is 1. The fourth-order valence-corrected chi connectivity index (χ4v) is 3.78. The molecule has 0 amide bonds. The molecule has 4 rings (SSSR count). The van der Waals surface area contributed by atoms with E-state index < -0.39 is 0 Å². The molecule has 8 heteroatoms. The van der Waals surface area contributed by atoms with Crippen LogP contribution in [-0.2, 0) is 0 Å². The summed E-state index contributed by atoms with van der Waals surface area (Å²) >= 11 is 1.56. The number of hydrogen-bond donors (Lipinski definition) is 2. The van der Waals surface area contributed by atoms with Gasteiger partial charge in [-0.05, 0) is 55.1 Å². The molecule has 0 unspecified atom stereocenters. The Balaban J connectivity index is 1.73. The number of phenols is 1. The van der Waals surface area contributed by atoms with Gasteiger partial charge >= 0.3 is 0 Å². The molecule has 0 radical (unpaired) electrons. The number of nitrogens with one attached hydrogen (secondary N) is 1. The molecule has 4 aromatic rings. The van der Waals surface area contributed by atoms with Crippen LogP contribution in [0.25, 0.3) is 16.1 Å². The number of thiophene rings is 1. The summed E-state index contributed by atoms with van der Waals surface area (Å²) in [6.45, 7) is 4.15. The van der Waals surface area contributed by atoms with Crippen molar-refractivity contribution < 1.29 is 9.84 Å². The molecule has 0 spiro atoms. The number of aromatic hydroxyl groups is 1. The third-order valence-corrected chi connectivity index (χ3v) is 5.35. The van der Waals surface area contributed by atoms with Crippen molar-refractivity contribution in [2.24, 2.45) is 10.2 Å². The number of rotatable bonds is 6. The molecular weight excluding hydrogens is 400 g/mol. The van der Waals surface area contributed by atoms with Crippen LogP contribution in [0.15, 0.2) is 75.0 Å². The molecule has 0 aliphatic heterocycles. The predicted molar refractivity (Wildman–Crippen MR) is 118 cm³/mol. The minimum absolute atomic E-state index is 0.0730. The number of aromatic amines is 1. The molecule has 0 aliphatic carbocycles. The van der Waals surface area contributed by atoms with Crippen molar-refractivity contribution in [1.29, 1.82) is 0 Å². The zero-order chi connectivity index (χ0) is 21.1. The Labute approximate surface area is 176 Å². The molecule has 0 aliphatic rings. The summed E-state index contributed by atoms with van der Waals surface area (Å²) < 4.78 is 6.91. The van der Waals surface area contributed by atoms with E-state index in [-0.39, 0.29) is 17.0 Å². The van der Waals surface area contributed by atoms with Crippen LogP contribution in [0.2, 0.25) is 0 Å². The molecule has 0 bridgehead atoms. The molecule has 2 aromatic carbocycles. The van der Waals surface area contributed by atoms with Gasteiger partial charge in [0.25, 0.3) is 5.56 Å². The molecule has 7 nitrogen and oxygen atoms in total. The Hall–Kier alpha value is -3.65. The van der Waals surface area contributed by atoms with Crippen molar-refractivity contribution in [3.05, 3.63) is 76.0 Å². The summed E-state index contributed by atoms with van der Waals surface area (Å²) in [6.07, 6.45) is 0. The maximum Gasteiger partial charge on any atom is 0.299 e. The van der Waals surface area contributed by atoms with Crippen LogP contribution in [0.4, 0.5) is 11.4 Å². The van der Waals surface area contributed by atoms with Gasteiger partial charge in [-0.2, -0.15) is 0 Å². The lowest BCUT2D eigenvalue weighted by molar-refractivity contribution is 0.341. The largest absolute Gasteiger partial charge is 0.508 e. The van der Waals surface area contributed by atoms with Gasteiger partial charge in [-0.1, -0.05) is 18.2 Å². The van der Waals surface area contributed by atoms with Crippen molar-refractivity contribution >= 4 is 22.7 Å². The van der Waals surface area contributed by atoms with Gasteiger partial charge in [0.05, 0.1) is 18.0 Å². The average molecular weight is 420 g/mol. The second kappa shape index (κ2) is 8.38. The summed E-state index contributed by atoms with van der Waals surface area (Å²) in [7, 11) is 0. The van der Waals surface area contributed by atoms with E-state index in [1.807, 2.05) is 42.6 Å². The monoisotopic (exact) mass is 420 g/mol. The Morgan fingerprint density at radius 1 is 1.13 bits per heavy atom. The van der Waals surface area contributed by atoms with Crippen LogP contribution >= 0.6 is 11.3 Å². The first-order valence-corrected chi connectivity index (χ1v) is 10.3. The van der Waals surface area contributed by atoms with E-state index in [2.05, 4.69) is 15.3 Å². The topological polar surface area (TPSA) is 92.0 Å². The first-order chi connectivity index (χ1) is 14.6. The van der Waals surface area contributed by atoms with Crippen molar-refractivity contribution in [3.63, 3.8) is 0 Å². The summed E-state index contributed by atoms with van der Waals surface area (Å²) in [5.41, 5.74) is 2.30. The van der Waals surface area contributed by atoms with Crippen LogP contribution in [0.1, 0.15) is 12.6 Å². The lowest BCUT2D eigenvalue weighted by Crippen LogP contribution is -2.14. The molecule has 0 saturated carbocycles. The Bertz CT molecular complexity index is 1260. The van der Waals surface area contributed by atoms with Gasteiger partial charge in [0.2, 0.25) is 0 Å². The van der Waals surface area contributed by atoms with Gasteiger partial charge in [-0.15, -0.1) is 21.6 Å². The molecule has 2 N–H and O–H groups in total. The zero-order valence-electron chi connectivity index (χ0n) is 16.5. The average Bonchev–Trinajstić information content (AvgIpc) is 3.36. The number of hydrogen-bond acceptors (Lipinski definition) is 6. The number of benzene rings is 2. The maximum absolute atomic E-state index is 13.0. The molecule has 2 heterocycles. The van der Waals surface area contributed by atoms with Crippen LogP contribution in [0.5, 0.6) is 11.5 Å². The quantitative estimate of drug-likeness (QED) is 0.391. The van der Waals surface area contributed by atoms with E-state index in [0.29, 0.717) is 29.4 Å². The zero-order valence-corrected chi connectivity index (χ0v) is 17.3. The highest BCUT2D eigenvalue weighted by Gasteiger charge is 2.14. The van der Waals surface area contributed by atoms with E-state index >= 15 is 0 Å². The number of phenolic OH excluding ortho intramolecular Hbond substituents is 1. The van der Waals surface area contributed by atoms with E-state index in [1.54, 1.807) is 36.5 Å². The Morgan fingerprint density at radius 2 is 1.97 bits per heavy atom. The maximum atomic E-state index is 13.0. The summed E-state index contributed by atoms with van der Waals surface area (Å²) in [4.78, 5) is 14.0. The predicted octanol–water partition coefficient (Wildman–Crippen LogP) is 5.72. The van der Waals surface area contributed by atoms with E-state index in [1.165, 1.54) is 10.7 Å². The summed E-state index contributed by atoms with van der Waals surface area (Å²) in [6, 6.07) is 16.2. The number of nitrogens with zero attached hydrogens (tertiary/aromatic N) is 3. The lowest BCUT2D eigenvalue weighted by atomic mass is 10.1. The fourth-order valence-electron chi connectivity index (χ4n) is 3.07. The molecular formula is C22H20N4O3S. The van der Waals surface area contributed by atoms with Crippen molar-refractivity contribution in [2.75, 3.05) is 6.61 Å². The van der Waals surface area contributed by atoms with E-state index in [0.717, 1.165) is 10.4 Å². The van der Waals surface area contributed by atoms with Crippen LogP contribution in [-0.4, -0.2) is 21.5 Å². The van der Waals surface area contributed by atoms with Crippen molar-refractivity contribution in [3.8, 4) is 27.6 Å². The van der Waals surface area contributed by atoms with Gasteiger partial charge in [0.1, 0.15) is 17.2 Å². The highest BCUT2D eigenvalue weighted by Crippen LogP contribution is 2.31. The summed E-state index contributed by atoms with van der Waals surface area (Å²) in [5.74, 6) is 0.676. The van der Waals surface area contributed by atoms with Gasteiger partial charge in [0, 0.05) is 10.9 Å². The molecule has 0 saturated heterocycles. The normalized spacial score (nSPS) is 11.3. The standard InChI is InChI=1S/C22H20N4O3S/c1-3-29-19-8-5-4-7-18(19)23-24-21-14(2)25-26(22(21)28)16-11-15(12-17(27)13-16)20-9-6-10-30-20/h4-13,25,27H,3H2,1-2H3. The van der Waals surface area contributed by atoms with Crippen LogP contribution < -0.4 is 10.3 Å². The first kappa shape index (κ1) is 19.7. The minimum Gasteiger partial charge on any atom is -0.508 e. The van der Waals surface area contributed by atoms with Gasteiger partial charge in [-0.3, -0.25) is 9.89 Å². The third kappa shape index (κ3) is 3.90. The number of para-hydroxylation sites is 1. The van der Waals surface area contributed by atoms with Gasteiger partial charge in [-0.25, -0.2) is 4.68 Å². The highest BCUT2D eigenvalue weighted by molar-refractivity contribution is 7.13. The number of H-pyrrole nitrogens is 1. The highest BCUT2D eigenvalue weighted by atomic mass is 32.1. The number of aryl methyl sites for hydroxylation is 1. The van der Waals surface area contributed by atoms with Gasteiger partial charge < -0.3 is 9.84 Å². The van der Waals surface area contributed by atoms with E-state index in [4.69, 9.17) is 4.74 Å². The molecule has 0 atom stereocenters. The smallest absolute Gasteiger partial charge is 0.299 e.